The first kappa shape index (κ1) is 25.9. The van der Waals surface area contributed by atoms with E-state index in [4.69, 9.17) is 15.2 Å². The molecule has 0 aromatic heterocycles. The van der Waals surface area contributed by atoms with E-state index in [-0.39, 0.29) is 24.5 Å². The van der Waals surface area contributed by atoms with Gasteiger partial charge in [0.05, 0.1) is 23.6 Å². The second-order valence-electron chi connectivity index (χ2n) is 10.6. The number of nitrogens with two attached hydrogens (primary N) is 1. The topological polar surface area (TPSA) is 200 Å². The molecule has 12 heteroatoms. The van der Waals surface area contributed by atoms with E-state index in [0.717, 1.165) is 0 Å². The van der Waals surface area contributed by atoms with Crippen molar-refractivity contribution in [2.45, 2.75) is 24.2 Å². The summed E-state index contributed by atoms with van der Waals surface area (Å²) in [6, 6.07) is 6.86. The summed E-state index contributed by atoms with van der Waals surface area (Å²) in [5, 5.41) is 56.9. The number of carbonyl (C=O) groups is 3. The van der Waals surface area contributed by atoms with Crippen LogP contribution in [-0.2, 0) is 20.8 Å². The lowest BCUT2D eigenvalue weighted by molar-refractivity contribution is -0.168. The Labute approximate surface area is 227 Å². The molecule has 1 fully saturated rings. The summed E-state index contributed by atoms with van der Waals surface area (Å²) in [5.74, 6) is -7.55. The van der Waals surface area contributed by atoms with Crippen molar-refractivity contribution in [2.24, 2.45) is 17.6 Å². The first-order valence-electron chi connectivity index (χ1n) is 12.5. The van der Waals surface area contributed by atoms with Gasteiger partial charge in [-0.25, -0.2) is 0 Å². The Morgan fingerprint density at radius 2 is 1.77 bits per heavy atom. The average Bonchev–Trinajstić information content (AvgIpc) is 3.36. The van der Waals surface area contributed by atoms with E-state index in [9.17, 15) is 39.9 Å². The van der Waals surface area contributed by atoms with Gasteiger partial charge < -0.3 is 40.7 Å². The van der Waals surface area contributed by atoms with E-state index in [1.54, 1.807) is 30.3 Å². The van der Waals surface area contributed by atoms with Crippen molar-refractivity contribution < 1.29 is 49.4 Å². The summed E-state index contributed by atoms with van der Waals surface area (Å²) >= 11 is 0. The summed E-state index contributed by atoms with van der Waals surface area (Å²) in [6.45, 7) is 0.0522. The molecule has 7 N–H and O–H groups in total. The van der Waals surface area contributed by atoms with Crippen LogP contribution in [0, 0.1) is 11.8 Å². The number of amides is 1. The number of primary amides is 1. The Hall–Kier alpha value is -4.39. The third-order valence-corrected chi connectivity index (χ3v) is 8.36. The van der Waals surface area contributed by atoms with E-state index < -0.39 is 69.7 Å². The predicted molar refractivity (Wildman–Crippen MR) is 137 cm³/mol. The van der Waals surface area contributed by atoms with Gasteiger partial charge in [-0.05, 0) is 43.8 Å². The number of aliphatic hydroxyl groups is 4. The summed E-state index contributed by atoms with van der Waals surface area (Å²) < 4.78 is 10.7. The minimum Gasteiger partial charge on any atom is -0.508 e. The number of hydrogen-bond acceptors (Lipinski definition) is 11. The molecule has 40 heavy (non-hydrogen) atoms. The quantitative estimate of drug-likeness (QED) is 0.288. The standard InChI is InChI=1S/C28H26N2O10/c1-30(2)20-19-22(32)13-7-11-3-5-12(10-4-6-14-15(8-10)40-9-39-14)21(31)16(11)23(33)17(13)25(35)28(19,38)26(36)18(24(20)34)27(29)37/h3-6,8,13,19-20,22,31-33,36,38H,7,9H2,1-2H3,(H2,29,37)/t13-,19-,20+,22+,28+/m0/s1. The van der Waals surface area contributed by atoms with Crippen molar-refractivity contribution in [3.05, 3.63) is 58.4 Å². The number of phenolic OH excluding ortho intramolecular Hbond substituents is 1. The molecule has 4 aliphatic rings. The second-order valence-corrected chi connectivity index (χ2v) is 10.6. The van der Waals surface area contributed by atoms with Crippen molar-refractivity contribution in [1.29, 1.82) is 0 Å². The largest absolute Gasteiger partial charge is 0.508 e. The minimum absolute atomic E-state index is 0.0370. The van der Waals surface area contributed by atoms with Gasteiger partial charge in [0.25, 0.3) is 5.91 Å². The molecule has 6 rings (SSSR count). The van der Waals surface area contributed by atoms with E-state index in [2.05, 4.69) is 0 Å². The fourth-order valence-corrected chi connectivity index (χ4v) is 6.53. The molecule has 0 saturated heterocycles. The maximum atomic E-state index is 14.0. The molecule has 0 radical (unpaired) electrons. The summed E-state index contributed by atoms with van der Waals surface area (Å²) in [6.07, 6.45) is -1.67. The number of ether oxygens (including phenoxy) is 2. The van der Waals surface area contributed by atoms with Gasteiger partial charge in [0, 0.05) is 17.1 Å². The maximum absolute atomic E-state index is 14.0. The lowest BCUT2D eigenvalue weighted by Crippen LogP contribution is -2.70. The Morgan fingerprint density at radius 3 is 2.45 bits per heavy atom. The molecule has 5 atom stereocenters. The third kappa shape index (κ3) is 3.20. The molecule has 0 spiro atoms. The van der Waals surface area contributed by atoms with Gasteiger partial charge in [-0.3, -0.25) is 19.3 Å². The summed E-state index contributed by atoms with van der Waals surface area (Å²) in [5.41, 5.74) is 2.13. The predicted octanol–water partition coefficient (Wildman–Crippen LogP) is 0.331. The van der Waals surface area contributed by atoms with E-state index >= 15 is 0 Å². The van der Waals surface area contributed by atoms with Crippen molar-refractivity contribution in [3.63, 3.8) is 0 Å². The number of nitrogens with zero attached hydrogens (tertiary/aromatic N) is 1. The zero-order chi connectivity index (χ0) is 28.8. The van der Waals surface area contributed by atoms with Crippen LogP contribution in [0.4, 0.5) is 0 Å². The van der Waals surface area contributed by atoms with Gasteiger partial charge in [-0.1, -0.05) is 18.2 Å². The summed E-state index contributed by atoms with van der Waals surface area (Å²) in [7, 11) is 2.91. The van der Waals surface area contributed by atoms with Gasteiger partial charge in [0.15, 0.2) is 22.9 Å². The zero-order valence-electron chi connectivity index (χ0n) is 21.4. The molecule has 3 aliphatic carbocycles. The van der Waals surface area contributed by atoms with Gasteiger partial charge in [-0.15, -0.1) is 0 Å². The number of fused-ring (bicyclic) bond motifs is 4. The summed E-state index contributed by atoms with van der Waals surface area (Å²) in [4.78, 5) is 40.6. The highest BCUT2D eigenvalue weighted by atomic mass is 16.7. The minimum atomic E-state index is -2.95. The molecular weight excluding hydrogens is 524 g/mol. The monoisotopic (exact) mass is 550 g/mol. The number of ketones is 2. The van der Waals surface area contributed by atoms with Crippen LogP contribution in [0.3, 0.4) is 0 Å². The molecule has 2 aromatic carbocycles. The first-order chi connectivity index (χ1) is 18.9. The van der Waals surface area contributed by atoms with Gasteiger partial charge >= 0.3 is 0 Å². The van der Waals surface area contributed by atoms with E-state index in [1.165, 1.54) is 19.0 Å². The molecule has 12 nitrogen and oxygen atoms in total. The van der Waals surface area contributed by atoms with Crippen LogP contribution in [-0.4, -0.2) is 86.5 Å². The number of hydrogen-bond donors (Lipinski definition) is 6. The smallest absolute Gasteiger partial charge is 0.255 e. The number of rotatable bonds is 3. The van der Waals surface area contributed by atoms with Crippen LogP contribution in [0.2, 0.25) is 0 Å². The number of aliphatic hydroxyl groups excluding tert-OH is 3. The molecular formula is C28H26N2O10. The second kappa shape index (κ2) is 8.55. The molecule has 208 valence electrons. The highest BCUT2D eigenvalue weighted by Gasteiger charge is 2.67. The Morgan fingerprint density at radius 1 is 1.07 bits per heavy atom. The maximum Gasteiger partial charge on any atom is 0.255 e. The highest BCUT2D eigenvalue weighted by molar-refractivity contribution is 6.24. The fourth-order valence-electron chi connectivity index (χ4n) is 6.53. The van der Waals surface area contributed by atoms with E-state index in [1.807, 2.05) is 0 Å². The number of aromatic hydroxyl groups is 1. The molecule has 1 heterocycles. The van der Waals surface area contributed by atoms with Crippen LogP contribution < -0.4 is 15.2 Å². The number of likely N-dealkylation sites (N-methyl/N-ethyl adjacent to an activating group) is 1. The van der Waals surface area contributed by atoms with Crippen LogP contribution in [0.5, 0.6) is 17.2 Å². The van der Waals surface area contributed by atoms with Crippen molar-refractivity contribution in [2.75, 3.05) is 20.9 Å². The lowest BCUT2D eigenvalue weighted by Gasteiger charge is -2.52. The third-order valence-electron chi connectivity index (χ3n) is 8.36. The van der Waals surface area contributed by atoms with Crippen molar-refractivity contribution >= 4 is 23.2 Å². The molecule has 0 bridgehead atoms. The molecule has 1 aliphatic heterocycles. The van der Waals surface area contributed by atoms with Gasteiger partial charge in [0.1, 0.15) is 22.8 Å². The lowest BCUT2D eigenvalue weighted by atomic mass is 9.56. The number of Topliss-reactive ketones (excluding diaryl/α,β-unsaturated/α-hetero) is 2. The fraction of sp³-hybridized carbons (Fsp3) is 0.321. The average molecular weight is 551 g/mol. The zero-order valence-corrected chi connectivity index (χ0v) is 21.4. The van der Waals surface area contributed by atoms with Crippen LogP contribution in [0.1, 0.15) is 11.1 Å². The Balaban J connectivity index is 1.54. The van der Waals surface area contributed by atoms with Crippen LogP contribution in [0.25, 0.3) is 16.9 Å². The van der Waals surface area contributed by atoms with Gasteiger partial charge in [-0.2, -0.15) is 0 Å². The number of benzene rings is 2. The van der Waals surface area contributed by atoms with Gasteiger partial charge in [0.2, 0.25) is 12.6 Å². The molecule has 1 amide bonds. The van der Waals surface area contributed by atoms with Crippen molar-refractivity contribution in [3.8, 4) is 28.4 Å². The Kier molecular flexibility index (Phi) is 5.53. The molecule has 1 saturated carbocycles. The molecule has 2 aromatic rings. The van der Waals surface area contributed by atoms with Crippen LogP contribution >= 0.6 is 0 Å². The Bertz CT molecular complexity index is 1590. The van der Waals surface area contributed by atoms with E-state index in [0.29, 0.717) is 28.2 Å². The highest BCUT2D eigenvalue weighted by Crippen LogP contribution is 2.53. The van der Waals surface area contributed by atoms with Crippen molar-refractivity contribution in [1.82, 2.24) is 4.90 Å². The first-order valence-corrected chi connectivity index (χ1v) is 12.5. The number of carbonyl (C=O) groups excluding carboxylic acids is 3. The normalized spacial score (nSPS) is 28.9. The number of phenols is 1. The molecule has 0 unspecified atom stereocenters. The SMILES string of the molecule is CN(C)[C@H]1C(=O)C(C(N)=O)=C(O)[C@]2(O)C(=O)C3=C(O)c4c(ccc(-c5ccc6c(c5)OCO6)c4O)C[C@@H]3[C@@H](O)[C@H]12. The van der Waals surface area contributed by atoms with Crippen LogP contribution in [0.15, 0.2) is 47.2 Å².